The number of rotatable bonds is 3. The molecule has 0 saturated heterocycles. The molecule has 0 fully saturated rings. The Bertz CT molecular complexity index is 936. The second-order valence-corrected chi connectivity index (χ2v) is 7.45. The average Bonchev–Trinajstić information content (AvgIpc) is 2.55. The fraction of sp³-hybridized carbons (Fsp3) is 0.214. The number of carbonyl (C=O) groups is 1. The summed E-state index contributed by atoms with van der Waals surface area (Å²) in [6, 6.07) is 3.32. The number of primary amides is 1. The van der Waals surface area contributed by atoms with Crippen LogP contribution in [-0.4, -0.2) is 35.1 Å². The summed E-state index contributed by atoms with van der Waals surface area (Å²) in [4.78, 5) is 18.3. The first kappa shape index (κ1) is 16.7. The molecule has 1 aliphatic heterocycles. The van der Waals surface area contributed by atoms with Crippen molar-refractivity contribution in [1.29, 1.82) is 0 Å². The van der Waals surface area contributed by atoms with Crippen LogP contribution in [0.25, 0.3) is 0 Å². The lowest BCUT2D eigenvalue weighted by molar-refractivity contribution is 0.0989. The van der Waals surface area contributed by atoms with E-state index in [1.54, 1.807) is 0 Å². The molecule has 0 unspecified atom stereocenters. The van der Waals surface area contributed by atoms with Crippen molar-refractivity contribution in [1.82, 2.24) is 14.3 Å². The van der Waals surface area contributed by atoms with Crippen molar-refractivity contribution in [3.05, 3.63) is 52.3 Å². The van der Waals surface area contributed by atoms with Gasteiger partial charge in [0, 0.05) is 17.1 Å². The molecule has 1 radical (unpaired) electrons. The molecule has 1 aromatic carbocycles. The van der Waals surface area contributed by atoms with Crippen LogP contribution in [0.3, 0.4) is 0 Å². The van der Waals surface area contributed by atoms with E-state index in [0.29, 0.717) is 11.3 Å². The zero-order chi connectivity index (χ0) is 17.5. The monoisotopic (exact) mass is 369 g/mol. The van der Waals surface area contributed by atoms with Gasteiger partial charge in [-0.05, 0) is 24.6 Å². The number of halogens is 2. The van der Waals surface area contributed by atoms with Crippen LogP contribution in [0, 0.1) is 12.0 Å². The van der Waals surface area contributed by atoms with Gasteiger partial charge < -0.3 is 5.73 Å². The molecule has 1 aliphatic rings. The van der Waals surface area contributed by atoms with E-state index in [0.717, 1.165) is 16.4 Å². The van der Waals surface area contributed by atoms with Gasteiger partial charge in [-0.15, -0.1) is 0 Å². The van der Waals surface area contributed by atoms with E-state index in [-0.39, 0.29) is 30.4 Å². The van der Waals surface area contributed by atoms with Gasteiger partial charge in [0.1, 0.15) is 10.7 Å². The highest BCUT2D eigenvalue weighted by Crippen LogP contribution is 2.27. The number of fused-ring (bicyclic) bond motifs is 1. The van der Waals surface area contributed by atoms with Crippen LogP contribution < -0.4 is 5.73 Å². The molecule has 0 atom stereocenters. The summed E-state index contributed by atoms with van der Waals surface area (Å²) >= 11 is 5.77. The van der Waals surface area contributed by atoms with Gasteiger partial charge in [-0.3, -0.25) is 4.79 Å². The number of sulfonamides is 1. The lowest BCUT2D eigenvalue weighted by Gasteiger charge is -2.27. The van der Waals surface area contributed by atoms with Gasteiger partial charge in [-0.25, -0.2) is 22.8 Å². The number of nitrogens with two attached hydrogens (primary N) is 1. The molecule has 0 aliphatic carbocycles. The van der Waals surface area contributed by atoms with Crippen LogP contribution in [0.2, 0.25) is 5.02 Å². The average molecular weight is 370 g/mol. The van der Waals surface area contributed by atoms with Crippen LogP contribution in [0.15, 0.2) is 23.1 Å². The first-order valence-corrected chi connectivity index (χ1v) is 8.63. The van der Waals surface area contributed by atoms with E-state index in [1.807, 2.05) is 0 Å². The van der Waals surface area contributed by atoms with Crippen molar-refractivity contribution < 1.29 is 17.6 Å². The molecule has 3 rings (SSSR count). The molecular weight excluding hydrogens is 359 g/mol. The summed E-state index contributed by atoms with van der Waals surface area (Å²) in [6.07, 6.45) is 2.93. The van der Waals surface area contributed by atoms with Crippen molar-refractivity contribution in [3.8, 4) is 0 Å². The zero-order valence-corrected chi connectivity index (χ0v) is 13.7. The highest BCUT2D eigenvalue weighted by Gasteiger charge is 2.32. The van der Waals surface area contributed by atoms with Crippen LogP contribution in [0.5, 0.6) is 0 Å². The molecule has 2 aromatic rings. The number of benzene rings is 1. The van der Waals surface area contributed by atoms with Gasteiger partial charge >= 0.3 is 0 Å². The minimum absolute atomic E-state index is 0.108. The van der Waals surface area contributed by atoms with Crippen molar-refractivity contribution in [3.63, 3.8) is 0 Å². The Labute approximate surface area is 142 Å². The molecule has 2 N–H and O–H groups in total. The Hall–Kier alpha value is -2.10. The SMILES string of the molecule is NC(=O)c1n[c]c2c(n1)CN(S(=O)(=O)c1cc(Cl)ccc1F)CC2. The molecule has 0 bridgehead atoms. The van der Waals surface area contributed by atoms with Gasteiger partial charge in [-0.1, -0.05) is 11.6 Å². The lowest BCUT2D eigenvalue weighted by Crippen LogP contribution is -2.37. The molecule has 0 spiro atoms. The number of carbonyl (C=O) groups excluding carboxylic acids is 1. The van der Waals surface area contributed by atoms with Crippen molar-refractivity contribution in [2.45, 2.75) is 17.9 Å². The normalized spacial score (nSPS) is 15.1. The number of aromatic nitrogens is 2. The highest BCUT2D eigenvalue weighted by molar-refractivity contribution is 7.89. The van der Waals surface area contributed by atoms with Crippen molar-refractivity contribution >= 4 is 27.5 Å². The molecule has 7 nitrogen and oxygen atoms in total. The van der Waals surface area contributed by atoms with Gasteiger partial charge in [0.15, 0.2) is 0 Å². The molecule has 125 valence electrons. The number of nitrogens with zero attached hydrogens (tertiary/aromatic N) is 3. The third-order valence-electron chi connectivity index (χ3n) is 3.55. The molecule has 1 aromatic heterocycles. The molecule has 10 heteroatoms. The van der Waals surface area contributed by atoms with Crippen LogP contribution in [0.4, 0.5) is 4.39 Å². The smallest absolute Gasteiger partial charge is 0.286 e. The topological polar surface area (TPSA) is 106 Å². The summed E-state index contributed by atoms with van der Waals surface area (Å²) in [5.41, 5.74) is 6.03. The number of amides is 1. The zero-order valence-electron chi connectivity index (χ0n) is 12.2. The van der Waals surface area contributed by atoms with Crippen molar-refractivity contribution in [2.75, 3.05) is 6.54 Å². The Morgan fingerprint density at radius 3 is 2.88 bits per heavy atom. The van der Waals surface area contributed by atoms with E-state index in [1.165, 1.54) is 6.07 Å². The molecule has 24 heavy (non-hydrogen) atoms. The minimum Gasteiger partial charge on any atom is -0.363 e. The molecular formula is C14H11ClFN4O3S. The number of hydrogen-bond acceptors (Lipinski definition) is 5. The maximum Gasteiger partial charge on any atom is 0.286 e. The van der Waals surface area contributed by atoms with Gasteiger partial charge in [0.05, 0.1) is 18.4 Å². The van der Waals surface area contributed by atoms with E-state index in [9.17, 15) is 17.6 Å². The predicted octanol–water partition coefficient (Wildman–Crippen LogP) is 0.915. The molecule has 1 amide bonds. The first-order valence-electron chi connectivity index (χ1n) is 6.81. The summed E-state index contributed by atoms with van der Waals surface area (Å²) in [6.45, 7) is -0.0278. The lowest BCUT2D eigenvalue weighted by atomic mass is 10.1. The maximum atomic E-state index is 13.9. The van der Waals surface area contributed by atoms with E-state index >= 15 is 0 Å². The third-order valence-corrected chi connectivity index (χ3v) is 5.65. The third kappa shape index (κ3) is 2.97. The quantitative estimate of drug-likeness (QED) is 0.865. The van der Waals surface area contributed by atoms with Gasteiger partial charge in [0.2, 0.25) is 15.8 Å². The van der Waals surface area contributed by atoms with Gasteiger partial charge in [-0.2, -0.15) is 4.31 Å². The Morgan fingerprint density at radius 1 is 1.42 bits per heavy atom. The Morgan fingerprint density at radius 2 is 2.17 bits per heavy atom. The Kier molecular flexibility index (Phi) is 4.24. The standard InChI is InChI=1S/C14H11ClFN4O3S/c15-9-1-2-10(16)12(5-9)24(22,23)20-4-3-8-6-18-14(13(17)21)19-11(8)7-20/h1-2,5H,3-4,7H2,(H2,17,21). The molecule has 2 heterocycles. The van der Waals surface area contributed by atoms with E-state index in [2.05, 4.69) is 16.2 Å². The summed E-state index contributed by atoms with van der Waals surface area (Å²) in [5.74, 6) is -1.98. The van der Waals surface area contributed by atoms with Crippen LogP contribution in [-0.2, 0) is 23.0 Å². The summed E-state index contributed by atoms with van der Waals surface area (Å²) < 4.78 is 40.3. The number of hydrogen-bond donors (Lipinski definition) is 1. The Balaban J connectivity index is 1.98. The summed E-state index contributed by atoms with van der Waals surface area (Å²) in [5, 5.41) is 0.110. The van der Waals surface area contributed by atoms with E-state index in [4.69, 9.17) is 17.3 Å². The van der Waals surface area contributed by atoms with Crippen LogP contribution in [0.1, 0.15) is 21.9 Å². The van der Waals surface area contributed by atoms with Gasteiger partial charge in [0.25, 0.3) is 5.91 Å². The second-order valence-electron chi connectivity index (χ2n) is 5.11. The molecule has 0 saturated carbocycles. The summed E-state index contributed by atoms with van der Waals surface area (Å²) in [7, 11) is -4.11. The fourth-order valence-corrected chi connectivity index (χ4v) is 4.08. The van der Waals surface area contributed by atoms with Crippen LogP contribution >= 0.6 is 11.6 Å². The fourth-order valence-electron chi connectivity index (χ4n) is 2.35. The predicted molar refractivity (Wildman–Crippen MR) is 82.1 cm³/mol. The second kappa shape index (κ2) is 6.08. The van der Waals surface area contributed by atoms with Crippen molar-refractivity contribution in [2.24, 2.45) is 5.73 Å². The minimum atomic E-state index is -4.11. The first-order chi connectivity index (χ1) is 11.3. The largest absolute Gasteiger partial charge is 0.363 e. The van der Waals surface area contributed by atoms with E-state index < -0.39 is 26.6 Å². The maximum absolute atomic E-state index is 13.9. The highest BCUT2D eigenvalue weighted by atomic mass is 35.5.